The normalized spacial score (nSPS) is 20.7. The van der Waals surface area contributed by atoms with Crippen molar-refractivity contribution < 1.29 is 22.7 Å². The average Bonchev–Trinajstić information content (AvgIpc) is 2.68. The number of rotatable bonds is 5. The van der Waals surface area contributed by atoms with Crippen LogP contribution in [-0.2, 0) is 19.4 Å². The zero-order valence-electron chi connectivity index (χ0n) is 13.4. The van der Waals surface area contributed by atoms with Gasteiger partial charge in [0.2, 0.25) is 5.91 Å². The molecule has 0 radical (unpaired) electrons. The van der Waals surface area contributed by atoms with Gasteiger partial charge in [-0.25, -0.2) is 13.2 Å². The largest absolute Gasteiger partial charge is 0.444 e. The molecule has 0 unspecified atom stereocenters. The number of alkyl carbamates (subject to hydrolysis) is 1. The minimum absolute atomic E-state index is 0.0799. The molecule has 1 rings (SSSR count). The third kappa shape index (κ3) is 7.44. The zero-order valence-corrected chi connectivity index (χ0v) is 14.2. The van der Waals surface area contributed by atoms with Gasteiger partial charge in [0.05, 0.1) is 6.04 Å². The Balaban J connectivity index is 2.75. The highest BCUT2D eigenvalue weighted by molar-refractivity contribution is 7.93. The van der Waals surface area contributed by atoms with E-state index in [1.165, 1.54) is 6.08 Å². The van der Waals surface area contributed by atoms with Crippen molar-refractivity contribution in [2.24, 2.45) is 5.92 Å². The Morgan fingerprint density at radius 3 is 2.59 bits per heavy atom. The molecular weight excluding hydrogens is 308 g/mol. The number of carbonyl (C=O) groups is 2. The van der Waals surface area contributed by atoms with Crippen molar-refractivity contribution in [3.63, 3.8) is 0 Å². The summed E-state index contributed by atoms with van der Waals surface area (Å²) in [7, 11) is -3.31. The summed E-state index contributed by atoms with van der Waals surface area (Å²) >= 11 is 0. The molecule has 1 saturated heterocycles. The van der Waals surface area contributed by atoms with Crippen molar-refractivity contribution in [3.05, 3.63) is 11.5 Å². The van der Waals surface area contributed by atoms with Gasteiger partial charge in [0.25, 0.3) is 0 Å². The quantitative estimate of drug-likeness (QED) is 0.781. The zero-order chi connectivity index (χ0) is 17.0. The van der Waals surface area contributed by atoms with Crippen LogP contribution in [0, 0.1) is 5.92 Å². The van der Waals surface area contributed by atoms with E-state index in [-0.39, 0.29) is 11.8 Å². The Kier molecular flexibility index (Phi) is 5.99. The van der Waals surface area contributed by atoms with E-state index in [2.05, 4.69) is 10.6 Å². The summed E-state index contributed by atoms with van der Waals surface area (Å²) in [5.74, 6) is -0.326. The lowest BCUT2D eigenvalue weighted by atomic mass is 9.98. The van der Waals surface area contributed by atoms with Crippen LogP contribution in [0.5, 0.6) is 0 Å². The molecule has 126 valence electrons. The number of carbonyl (C=O) groups excluding carboxylic acids is 2. The van der Waals surface area contributed by atoms with Crippen molar-refractivity contribution in [1.29, 1.82) is 0 Å². The number of sulfone groups is 1. The van der Waals surface area contributed by atoms with Crippen LogP contribution in [0.15, 0.2) is 11.5 Å². The maximum Gasteiger partial charge on any atom is 0.408 e. The van der Waals surface area contributed by atoms with Gasteiger partial charge in [0.15, 0.2) is 9.84 Å². The van der Waals surface area contributed by atoms with Crippen LogP contribution in [-0.4, -0.2) is 44.9 Å². The molecule has 2 atom stereocenters. The minimum atomic E-state index is -3.31. The minimum Gasteiger partial charge on any atom is -0.444 e. The fourth-order valence-corrected chi connectivity index (χ4v) is 2.53. The van der Waals surface area contributed by atoms with Gasteiger partial charge in [0, 0.05) is 24.1 Å². The summed E-state index contributed by atoms with van der Waals surface area (Å²) in [6, 6.07) is -0.585. The lowest BCUT2D eigenvalue weighted by molar-refractivity contribution is -0.122. The summed E-state index contributed by atoms with van der Waals surface area (Å²) < 4.78 is 27.6. The summed E-state index contributed by atoms with van der Waals surface area (Å²) in [5.41, 5.74) is -0.653. The van der Waals surface area contributed by atoms with Crippen molar-refractivity contribution in [3.8, 4) is 0 Å². The molecule has 7 nitrogen and oxygen atoms in total. The number of hydrogen-bond acceptors (Lipinski definition) is 5. The molecule has 1 aliphatic rings. The standard InChI is InChI=1S/C14H24N2O5S/c1-14(2,3)21-13(18)16-11(6-8-22(4,19)20)9-10-5-7-15-12(10)17/h6,8,10-11H,5,7,9H2,1-4H3,(H,15,17)(H,16,18)/b8-6+/t10-,11+/m0/s1. The van der Waals surface area contributed by atoms with E-state index in [4.69, 9.17) is 4.74 Å². The highest BCUT2D eigenvalue weighted by Gasteiger charge is 2.28. The van der Waals surface area contributed by atoms with E-state index >= 15 is 0 Å². The summed E-state index contributed by atoms with van der Waals surface area (Å²) in [5, 5.41) is 6.34. The maximum absolute atomic E-state index is 11.8. The molecule has 0 aromatic carbocycles. The molecule has 0 aliphatic carbocycles. The molecular formula is C14H24N2O5S. The van der Waals surface area contributed by atoms with E-state index in [0.29, 0.717) is 19.4 Å². The third-order valence-corrected chi connectivity index (χ3v) is 3.61. The molecule has 1 heterocycles. The number of nitrogens with one attached hydrogen (secondary N) is 2. The van der Waals surface area contributed by atoms with Crippen molar-refractivity contribution in [1.82, 2.24) is 10.6 Å². The van der Waals surface area contributed by atoms with Gasteiger partial charge in [-0.1, -0.05) is 6.08 Å². The fraction of sp³-hybridized carbons (Fsp3) is 0.714. The SMILES string of the molecule is CC(C)(C)OC(=O)N[C@H](/C=C/S(C)(=O)=O)C[C@@H]1CCNC1=O. The lowest BCUT2D eigenvalue weighted by Gasteiger charge is -2.23. The first kappa shape index (κ1) is 18.5. The van der Waals surface area contributed by atoms with E-state index in [1.807, 2.05) is 0 Å². The Bertz CT molecular complexity index is 548. The summed E-state index contributed by atoms with van der Waals surface area (Å²) in [6.45, 7) is 5.80. The van der Waals surface area contributed by atoms with Gasteiger partial charge >= 0.3 is 6.09 Å². The lowest BCUT2D eigenvalue weighted by Crippen LogP contribution is -2.40. The van der Waals surface area contributed by atoms with Crippen LogP contribution in [0.25, 0.3) is 0 Å². The highest BCUT2D eigenvalue weighted by Crippen LogP contribution is 2.17. The van der Waals surface area contributed by atoms with Gasteiger partial charge in [-0.3, -0.25) is 4.79 Å². The van der Waals surface area contributed by atoms with Gasteiger partial charge in [-0.15, -0.1) is 0 Å². The highest BCUT2D eigenvalue weighted by atomic mass is 32.2. The molecule has 0 aromatic rings. The Labute approximate surface area is 131 Å². The first-order chi connectivity index (χ1) is 9.96. The van der Waals surface area contributed by atoms with E-state index < -0.39 is 27.6 Å². The third-order valence-electron chi connectivity index (χ3n) is 2.96. The molecule has 8 heteroatoms. The Morgan fingerprint density at radius 2 is 2.14 bits per heavy atom. The second-order valence-corrected chi connectivity index (χ2v) is 8.35. The Morgan fingerprint density at radius 1 is 1.50 bits per heavy atom. The van der Waals surface area contributed by atoms with Crippen molar-refractivity contribution >= 4 is 21.8 Å². The van der Waals surface area contributed by atoms with Crippen LogP contribution in [0.4, 0.5) is 4.79 Å². The fourth-order valence-electron chi connectivity index (χ4n) is 2.06. The predicted molar refractivity (Wildman–Crippen MR) is 82.9 cm³/mol. The molecule has 2 N–H and O–H groups in total. The first-order valence-corrected chi connectivity index (χ1v) is 9.07. The number of ether oxygens (including phenoxy) is 1. The molecule has 0 bridgehead atoms. The van der Waals surface area contributed by atoms with Crippen molar-refractivity contribution in [2.75, 3.05) is 12.8 Å². The van der Waals surface area contributed by atoms with Crippen LogP contribution in [0.2, 0.25) is 0 Å². The van der Waals surface area contributed by atoms with Crippen LogP contribution >= 0.6 is 0 Å². The molecule has 0 spiro atoms. The average molecular weight is 332 g/mol. The molecule has 1 aliphatic heterocycles. The second kappa shape index (κ2) is 7.13. The smallest absolute Gasteiger partial charge is 0.408 e. The number of hydrogen-bond donors (Lipinski definition) is 2. The second-order valence-electron chi connectivity index (χ2n) is 6.42. The van der Waals surface area contributed by atoms with Gasteiger partial charge in [-0.2, -0.15) is 0 Å². The molecule has 0 saturated carbocycles. The van der Waals surface area contributed by atoms with Crippen LogP contribution in [0.1, 0.15) is 33.6 Å². The van der Waals surface area contributed by atoms with Crippen molar-refractivity contribution in [2.45, 2.75) is 45.3 Å². The van der Waals surface area contributed by atoms with Gasteiger partial charge in [0.1, 0.15) is 5.60 Å². The number of amides is 2. The molecule has 1 fully saturated rings. The molecule has 22 heavy (non-hydrogen) atoms. The monoisotopic (exact) mass is 332 g/mol. The van der Waals surface area contributed by atoms with Gasteiger partial charge in [-0.05, 0) is 33.6 Å². The summed E-state index contributed by atoms with van der Waals surface area (Å²) in [6.07, 6.45) is 2.80. The predicted octanol–water partition coefficient (Wildman–Crippen LogP) is 0.964. The van der Waals surface area contributed by atoms with E-state index in [9.17, 15) is 18.0 Å². The molecule has 0 aromatic heterocycles. The van der Waals surface area contributed by atoms with E-state index in [1.54, 1.807) is 20.8 Å². The van der Waals surface area contributed by atoms with Crippen LogP contribution < -0.4 is 10.6 Å². The topological polar surface area (TPSA) is 102 Å². The van der Waals surface area contributed by atoms with E-state index in [0.717, 1.165) is 11.7 Å². The van der Waals surface area contributed by atoms with Gasteiger partial charge < -0.3 is 15.4 Å². The van der Waals surface area contributed by atoms with Crippen LogP contribution in [0.3, 0.4) is 0 Å². The molecule has 2 amide bonds. The first-order valence-electron chi connectivity index (χ1n) is 7.12. The Hall–Kier alpha value is -1.57. The maximum atomic E-state index is 11.8. The summed E-state index contributed by atoms with van der Waals surface area (Å²) in [4.78, 5) is 23.5.